The molecule has 0 fully saturated rings. The van der Waals surface area contributed by atoms with Crippen LogP contribution in [0, 0.1) is 6.92 Å². The number of phenols is 1. The van der Waals surface area contributed by atoms with E-state index in [9.17, 15) is 10.2 Å². The van der Waals surface area contributed by atoms with Crippen LogP contribution in [0.4, 0.5) is 0 Å². The molecule has 1 heterocycles. The van der Waals surface area contributed by atoms with Crippen molar-refractivity contribution in [1.82, 2.24) is 15.0 Å². The van der Waals surface area contributed by atoms with Gasteiger partial charge in [-0.2, -0.15) is 0 Å². The number of hydrogen-bond donors (Lipinski definition) is 2. The molecular formula is C23H20BN3O2. The molecule has 1 aromatic heterocycles. The second-order valence-corrected chi connectivity index (χ2v) is 7.18. The van der Waals surface area contributed by atoms with E-state index >= 15 is 0 Å². The van der Waals surface area contributed by atoms with Gasteiger partial charge in [0.05, 0.1) is 11.9 Å². The summed E-state index contributed by atoms with van der Waals surface area (Å²) in [5.74, 6) is 0.121. The van der Waals surface area contributed by atoms with Crippen LogP contribution in [0.3, 0.4) is 0 Å². The zero-order chi connectivity index (χ0) is 20.4. The summed E-state index contributed by atoms with van der Waals surface area (Å²) in [7, 11) is 5.96. The van der Waals surface area contributed by atoms with Gasteiger partial charge < -0.3 is 10.2 Å². The number of aromatic nitrogens is 3. The maximum Gasteiger partial charge on any atom is 0.141 e. The van der Waals surface area contributed by atoms with Crippen LogP contribution < -0.4 is 5.46 Å². The fourth-order valence-corrected chi connectivity index (χ4v) is 3.47. The maximum atomic E-state index is 11.7. The Kier molecular flexibility index (Phi) is 4.95. The van der Waals surface area contributed by atoms with E-state index in [4.69, 9.17) is 7.85 Å². The van der Waals surface area contributed by atoms with Crippen LogP contribution in [0.2, 0.25) is 0 Å². The topological polar surface area (TPSA) is 71.2 Å². The minimum absolute atomic E-state index is 0.121. The van der Waals surface area contributed by atoms with Gasteiger partial charge in [0.2, 0.25) is 0 Å². The maximum absolute atomic E-state index is 11.7. The minimum Gasteiger partial charge on any atom is -0.506 e. The molecule has 2 N–H and O–H groups in total. The number of rotatable bonds is 5. The van der Waals surface area contributed by atoms with Gasteiger partial charge in [0.1, 0.15) is 24.9 Å². The summed E-state index contributed by atoms with van der Waals surface area (Å²) in [5.41, 5.74) is 2.72. The average molecular weight is 381 g/mol. The molecule has 6 heteroatoms. The van der Waals surface area contributed by atoms with Crippen molar-refractivity contribution in [1.29, 1.82) is 0 Å². The molecule has 4 rings (SSSR count). The molecule has 0 amide bonds. The summed E-state index contributed by atoms with van der Waals surface area (Å²) < 4.78 is 1.51. The van der Waals surface area contributed by atoms with Gasteiger partial charge in [-0.05, 0) is 35.7 Å². The third-order valence-electron chi connectivity index (χ3n) is 4.97. The van der Waals surface area contributed by atoms with E-state index in [1.165, 1.54) is 4.68 Å². The molecule has 5 nitrogen and oxygen atoms in total. The van der Waals surface area contributed by atoms with Gasteiger partial charge in [-0.25, -0.2) is 4.68 Å². The number of aryl methyl sites for hydroxylation is 1. The second-order valence-electron chi connectivity index (χ2n) is 7.18. The lowest BCUT2D eigenvalue weighted by Crippen LogP contribution is -2.31. The smallest absolute Gasteiger partial charge is 0.141 e. The van der Waals surface area contributed by atoms with Crippen molar-refractivity contribution >= 4 is 13.3 Å². The van der Waals surface area contributed by atoms with Crippen LogP contribution in [0.5, 0.6) is 5.75 Å². The predicted molar refractivity (Wildman–Crippen MR) is 113 cm³/mol. The monoisotopic (exact) mass is 381 g/mol. The van der Waals surface area contributed by atoms with E-state index in [1.807, 2.05) is 55.5 Å². The lowest BCUT2D eigenvalue weighted by molar-refractivity contribution is 0.0801. The highest BCUT2D eigenvalue weighted by Gasteiger charge is 2.33. The fraction of sp³-hybridized carbons (Fsp3) is 0.130. The first-order valence-electron chi connectivity index (χ1n) is 9.31. The Morgan fingerprint density at radius 1 is 0.966 bits per heavy atom. The molecule has 0 bridgehead atoms. The van der Waals surface area contributed by atoms with Gasteiger partial charge in [-0.3, -0.25) is 0 Å². The Morgan fingerprint density at radius 3 is 2.45 bits per heavy atom. The second kappa shape index (κ2) is 7.56. The zero-order valence-electron chi connectivity index (χ0n) is 16.0. The van der Waals surface area contributed by atoms with Gasteiger partial charge in [0, 0.05) is 6.42 Å². The van der Waals surface area contributed by atoms with E-state index in [-0.39, 0.29) is 12.2 Å². The van der Waals surface area contributed by atoms with Crippen LogP contribution in [-0.2, 0) is 12.0 Å². The van der Waals surface area contributed by atoms with Crippen LogP contribution in [0.25, 0.3) is 5.69 Å². The van der Waals surface area contributed by atoms with Crippen molar-refractivity contribution in [2.24, 2.45) is 0 Å². The molecule has 4 aromatic rings. The summed E-state index contributed by atoms with van der Waals surface area (Å²) in [6, 6.07) is 22.0. The van der Waals surface area contributed by atoms with E-state index < -0.39 is 5.60 Å². The first kappa shape index (κ1) is 19.0. The molecule has 2 radical (unpaired) electrons. The summed E-state index contributed by atoms with van der Waals surface area (Å²) >= 11 is 0. The molecule has 142 valence electrons. The van der Waals surface area contributed by atoms with Gasteiger partial charge >= 0.3 is 0 Å². The summed E-state index contributed by atoms with van der Waals surface area (Å²) in [6.07, 6.45) is 1.91. The van der Waals surface area contributed by atoms with E-state index in [0.29, 0.717) is 22.4 Å². The van der Waals surface area contributed by atoms with Gasteiger partial charge in [-0.1, -0.05) is 71.3 Å². The third kappa shape index (κ3) is 3.80. The van der Waals surface area contributed by atoms with Crippen LogP contribution in [-0.4, -0.2) is 33.1 Å². The summed E-state index contributed by atoms with van der Waals surface area (Å²) in [4.78, 5) is 0. The Bertz CT molecular complexity index is 1140. The molecule has 0 aliphatic carbocycles. The molecule has 0 saturated carbocycles. The summed E-state index contributed by atoms with van der Waals surface area (Å²) in [5, 5.41) is 30.3. The molecule has 1 unspecified atom stereocenters. The highest BCUT2D eigenvalue weighted by molar-refractivity contribution is 6.32. The average Bonchev–Trinajstić information content (AvgIpc) is 3.16. The number of phenolic OH excluding ortho intramolecular Hbond substituents is 1. The van der Waals surface area contributed by atoms with E-state index in [2.05, 4.69) is 10.3 Å². The van der Waals surface area contributed by atoms with E-state index in [1.54, 1.807) is 30.5 Å². The van der Waals surface area contributed by atoms with Crippen molar-refractivity contribution in [2.75, 3.05) is 0 Å². The van der Waals surface area contributed by atoms with Crippen molar-refractivity contribution < 1.29 is 10.2 Å². The zero-order valence-corrected chi connectivity index (χ0v) is 16.0. The number of nitrogens with zero attached hydrogens (tertiary/aromatic N) is 3. The van der Waals surface area contributed by atoms with E-state index in [0.717, 1.165) is 11.1 Å². The van der Waals surface area contributed by atoms with Crippen LogP contribution >= 0.6 is 0 Å². The number of aromatic hydroxyl groups is 1. The lowest BCUT2D eigenvalue weighted by Gasteiger charge is -2.29. The predicted octanol–water partition coefficient (Wildman–Crippen LogP) is 2.55. The first-order chi connectivity index (χ1) is 14.0. The van der Waals surface area contributed by atoms with Crippen molar-refractivity contribution in [2.45, 2.75) is 18.9 Å². The first-order valence-corrected chi connectivity index (χ1v) is 9.31. The van der Waals surface area contributed by atoms with Gasteiger partial charge in [-0.15, -0.1) is 5.10 Å². The molecule has 1 atom stereocenters. The molecule has 0 spiro atoms. The lowest BCUT2D eigenvalue weighted by atomic mass is 9.80. The SMILES string of the molecule is [B]c1cccc(C(O)(Cc2cn(-c3ccc(C)cc3O)nn2)c2ccccc2)c1. The fourth-order valence-electron chi connectivity index (χ4n) is 3.47. The minimum atomic E-state index is -1.33. The Balaban J connectivity index is 1.74. The molecule has 29 heavy (non-hydrogen) atoms. The Morgan fingerprint density at radius 2 is 1.72 bits per heavy atom. The van der Waals surface area contributed by atoms with Crippen molar-refractivity contribution in [3.05, 3.63) is 101 Å². The molecule has 3 aromatic carbocycles. The van der Waals surface area contributed by atoms with Gasteiger partial charge in [0.15, 0.2) is 0 Å². The largest absolute Gasteiger partial charge is 0.506 e. The highest BCUT2D eigenvalue weighted by Crippen LogP contribution is 2.33. The summed E-state index contributed by atoms with van der Waals surface area (Å²) in [6.45, 7) is 1.90. The molecule has 0 aliphatic heterocycles. The quantitative estimate of drug-likeness (QED) is 0.522. The normalized spacial score (nSPS) is 13.2. The standard InChI is InChI=1S/C23H20BN3O2/c1-16-10-11-21(22(28)12-16)27-15-20(25-26-27)14-23(29,17-6-3-2-4-7-17)18-8-5-9-19(24)13-18/h2-13,15,28-29H,14H2,1H3. The Hall–Kier alpha value is -3.38. The third-order valence-corrected chi connectivity index (χ3v) is 4.97. The number of benzene rings is 3. The molecule has 0 aliphatic rings. The molecular weight excluding hydrogens is 361 g/mol. The number of aliphatic hydroxyl groups is 1. The van der Waals surface area contributed by atoms with Crippen LogP contribution in [0.15, 0.2) is 79.0 Å². The van der Waals surface area contributed by atoms with Crippen molar-refractivity contribution in [3.8, 4) is 11.4 Å². The van der Waals surface area contributed by atoms with Gasteiger partial charge in [0.25, 0.3) is 0 Å². The van der Waals surface area contributed by atoms with Crippen LogP contribution in [0.1, 0.15) is 22.4 Å². The Labute approximate surface area is 170 Å². The highest BCUT2D eigenvalue weighted by atomic mass is 16.3. The number of hydrogen-bond acceptors (Lipinski definition) is 4. The van der Waals surface area contributed by atoms with Crippen molar-refractivity contribution in [3.63, 3.8) is 0 Å². The molecule has 0 saturated heterocycles.